The molecule has 4 heteroatoms. The van der Waals surface area contributed by atoms with Gasteiger partial charge in [0.15, 0.2) is 0 Å². The van der Waals surface area contributed by atoms with Crippen LogP contribution in [0.4, 0.5) is 5.82 Å². The number of nitrogens with one attached hydrogen (secondary N) is 1. The molecule has 1 aromatic rings. The fraction of sp³-hybridized carbons (Fsp3) is 0.714. The highest BCUT2D eigenvalue weighted by atomic mass is 15.2. The minimum absolute atomic E-state index is 0.778. The zero-order valence-corrected chi connectivity index (χ0v) is 10.9. The topological polar surface area (TPSA) is 41.0 Å². The van der Waals surface area contributed by atoms with Gasteiger partial charge in [0.1, 0.15) is 12.1 Å². The van der Waals surface area contributed by atoms with Crippen LogP contribution in [0.25, 0.3) is 0 Å². The fourth-order valence-corrected chi connectivity index (χ4v) is 3.27. The predicted molar refractivity (Wildman–Crippen MR) is 72.5 cm³/mol. The molecule has 1 saturated carbocycles. The van der Waals surface area contributed by atoms with E-state index in [1.54, 1.807) is 12.5 Å². The van der Waals surface area contributed by atoms with Gasteiger partial charge in [0, 0.05) is 25.3 Å². The van der Waals surface area contributed by atoms with Gasteiger partial charge in [0.25, 0.3) is 0 Å². The molecule has 1 unspecified atom stereocenters. The van der Waals surface area contributed by atoms with Gasteiger partial charge in [-0.15, -0.1) is 0 Å². The van der Waals surface area contributed by atoms with Gasteiger partial charge in [-0.2, -0.15) is 0 Å². The molecule has 0 amide bonds. The maximum Gasteiger partial charge on any atom is 0.129 e. The second kappa shape index (κ2) is 5.65. The molecule has 1 aliphatic heterocycles. The smallest absolute Gasteiger partial charge is 0.129 e. The molecule has 2 fully saturated rings. The van der Waals surface area contributed by atoms with Crippen LogP contribution in [0.5, 0.6) is 0 Å². The van der Waals surface area contributed by atoms with Crippen molar-refractivity contribution in [1.82, 2.24) is 14.9 Å². The third kappa shape index (κ3) is 2.80. The Morgan fingerprint density at radius 3 is 2.94 bits per heavy atom. The predicted octanol–water partition coefficient (Wildman–Crippen LogP) is 2.15. The zero-order chi connectivity index (χ0) is 12.2. The van der Waals surface area contributed by atoms with Crippen LogP contribution in [-0.4, -0.2) is 40.5 Å². The van der Waals surface area contributed by atoms with Crippen LogP contribution in [0, 0.1) is 5.92 Å². The van der Waals surface area contributed by atoms with E-state index in [9.17, 15) is 0 Å². The van der Waals surface area contributed by atoms with Gasteiger partial charge in [-0.3, -0.25) is 0 Å². The van der Waals surface area contributed by atoms with E-state index >= 15 is 0 Å². The van der Waals surface area contributed by atoms with Crippen molar-refractivity contribution in [3.05, 3.63) is 18.6 Å². The molecule has 0 radical (unpaired) electrons. The minimum Gasteiger partial charge on any atom is -0.370 e. The third-order valence-electron chi connectivity index (χ3n) is 4.31. The molecule has 1 N–H and O–H groups in total. The average molecular weight is 246 g/mol. The third-order valence-corrected chi connectivity index (χ3v) is 4.31. The lowest BCUT2D eigenvalue weighted by Gasteiger charge is -2.23. The summed E-state index contributed by atoms with van der Waals surface area (Å²) in [7, 11) is 0. The van der Waals surface area contributed by atoms with Crippen LogP contribution in [-0.2, 0) is 0 Å². The van der Waals surface area contributed by atoms with Crippen molar-refractivity contribution in [1.29, 1.82) is 0 Å². The lowest BCUT2D eigenvalue weighted by molar-refractivity contribution is 0.238. The summed E-state index contributed by atoms with van der Waals surface area (Å²) in [5.41, 5.74) is 0. The number of hydrogen-bond acceptors (Lipinski definition) is 4. The Morgan fingerprint density at radius 2 is 2.17 bits per heavy atom. The number of hydrogen-bond donors (Lipinski definition) is 1. The maximum atomic E-state index is 4.20. The normalized spacial score (nSPS) is 25.7. The standard InChI is InChI=1S/C14H22N4/c1-2-4-13(3-1)18-8-6-12(10-18)9-16-14-5-7-15-11-17-14/h5,7,11-13H,1-4,6,8-10H2,(H,15,16,17). The molecule has 2 aliphatic rings. The Bertz CT molecular complexity index is 361. The van der Waals surface area contributed by atoms with E-state index < -0.39 is 0 Å². The summed E-state index contributed by atoms with van der Waals surface area (Å²) in [6.07, 6.45) is 10.4. The lowest BCUT2D eigenvalue weighted by Crippen LogP contribution is -2.31. The molecule has 2 heterocycles. The Labute approximate surface area is 109 Å². The van der Waals surface area contributed by atoms with E-state index in [0.717, 1.165) is 24.3 Å². The first-order chi connectivity index (χ1) is 8.92. The molecule has 1 saturated heterocycles. The summed E-state index contributed by atoms with van der Waals surface area (Å²) >= 11 is 0. The van der Waals surface area contributed by atoms with Crippen LogP contribution in [0.1, 0.15) is 32.1 Å². The molecule has 1 atom stereocenters. The Hall–Kier alpha value is -1.16. The second-order valence-electron chi connectivity index (χ2n) is 5.56. The van der Waals surface area contributed by atoms with E-state index in [-0.39, 0.29) is 0 Å². The lowest BCUT2D eigenvalue weighted by atomic mass is 10.1. The largest absolute Gasteiger partial charge is 0.370 e. The number of anilines is 1. The second-order valence-corrected chi connectivity index (χ2v) is 5.56. The first-order valence-electron chi connectivity index (χ1n) is 7.16. The number of rotatable bonds is 4. The first kappa shape index (κ1) is 11.9. The first-order valence-corrected chi connectivity index (χ1v) is 7.16. The summed E-state index contributed by atoms with van der Waals surface area (Å²) in [6.45, 7) is 3.60. The zero-order valence-electron chi connectivity index (χ0n) is 10.9. The molecule has 0 aromatic carbocycles. The van der Waals surface area contributed by atoms with Crippen molar-refractivity contribution in [2.45, 2.75) is 38.1 Å². The quantitative estimate of drug-likeness (QED) is 0.884. The number of likely N-dealkylation sites (tertiary alicyclic amines) is 1. The van der Waals surface area contributed by atoms with Gasteiger partial charge >= 0.3 is 0 Å². The summed E-state index contributed by atoms with van der Waals surface area (Å²) in [5, 5.41) is 3.42. The molecule has 3 rings (SSSR count). The van der Waals surface area contributed by atoms with Crippen LogP contribution in [0.3, 0.4) is 0 Å². The highest BCUT2D eigenvalue weighted by Gasteiger charge is 2.29. The molecule has 1 aliphatic carbocycles. The summed E-state index contributed by atoms with van der Waals surface area (Å²) in [6, 6.07) is 2.82. The fourth-order valence-electron chi connectivity index (χ4n) is 3.27. The van der Waals surface area contributed by atoms with Crippen molar-refractivity contribution in [3.63, 3.8) is 0 Å². The minimum atomic E-state index is 0.778. The van der Waals surface area contributed by atoms with Crippen molar-refractivity contribution in [2.24, 2.45) is 5.92 Å². The summed E-state index contributed by atoms with van der Waals surface area (Å²) in [4.78, 5) is 10.8. The van der Waals surface area contributed by atoms with Crippen LogP contribution in [0.2, 0.25) is 0 Å². The van der Waals surface area contributed by atoms with Gasteiger partial charge in [0.2, 0.25) is 0 Å². The van der Waals surface area contributed by atoms with Gasteiger partial charge in [-0.25, -0.2) is 9.97 Å². The number of aromatic nitrogens is 2. The maximum absolute atomic E-state index is 4.20. The molecule has 18 heavy (non-hydrogen) atoms. The molecule has 0 bridgehead atoms. The monoisotopic (exact) mass is 246 g/mol. The molecular weight excluding hydrogens is 224 g/mol. The van der Waals surface area contributed by atoms with Gasteiger partial charge < -0.3 is 10.2 Å². The van der Waals surface area contributed by atoms with Crippen LogP contribution < -0.4 is 5.32 Å². The molecule has 0 spiro atoms. The average Bonchev–Trinajstić information content (AvgIpc) is 3.08. The Balaban J connectivity index is 1.45. The van der Waals surface area contributed by atoms with Gasteiger partial charge in [0.05, 0.1) is 0 Å². The molecule has 1 aromatic heterocycles. The highest BCUT2D eigenvalue weighted by molar-refractivity contribution is 5.31. The highest BCUT2D eigenvalue weighted by Crippen LogP contribution is 2.28. The molecular formula is C14H22N4. The van der Waals surface area contributed by atoms with Crippen molar-refractivity contribution >= 4 is 5.82 Å². The Morgan fingerprint density at radius 1 is 1.28 bits per heavy atom. The van der Waals surface area contributed by atoms with Gasteiger partial charge in [-0.05, 0) is 37.8 Å². The van der Waals surface area contributed by atoms with E-state index in [1.807, 2.05) is 6.07 Å². The van der Waals surface area contributed by atoms with Crippen LogP contribution in [0.15, 0.2) is 18.6 Å². The SMILES string of the molecule is c1cc(NCC2CCN(C3CCCC3)C2)ncn1. The molecule has 98 valence electrons. The molecule has 4 nitrogen and oxygen atoms in total. The number of nitrogens with zero attached hydrogens (tertiary/aromatic N) is 3. The van der Waals surface area contributed by atoms with Crippen molar-refractivity contribution in [3.8, 4) is 0 Å². The van der Waals surface area contributed by atoms with E-state index in [4.69, 9.17) is 0 Å². The Kier molecular flexibility index (Phi) is 3.74. The van der Waals surface area contributed by atoms with E-state index in [2.05, 4.69) is 20.2 Å². The van der Waals surface area contributed by atoms with E-state index in [0.29, 0.717) is 0 Å². The summed E-state index contributed by atoms with van der Waals surface area (Å²) < 4.78 is 0. The summed E-state index contributed by atoms with van der Waals surface area (Å²) in [5.74, 6) is 1.73. The van der Waals surface area contributed by atoms with Crippen LogP contribution >= 0.6 is 0 Å². The van der Waals surface area contributed by atoms with Crippen molar-refractivity contribution < 1.29 is 0 Å². The van der Waals surface area contributed by atoms with Crippen molar-refractivity contribution in [2.75, 3.05) is 25.0 Å². The van der Waals surface area contributed by atoms with E-state index in [1.165, 1.54) is 45.2 Å². The van der Waals surface area contributed by atoms with Gasteiger partial charge in [-0.1, -0.05) is 12.8 Å².